The van der Waals surface area contributed by atoms with Crippen LogP contribution in [-0.4, -0.2) is 21.7 Å². The molecule has 0 bridgehead atoms. The van der Waals surface area contributed by atoms with Gasteiger partial charge in [0.25, 0.3) is 17.5 Å². The van der Waals surface area contributed by atoms with Crippen LogP contribution in [0.15, 0.2) is 41.1 Å². The van der Waals surface area contributed by atoms with Crippen LogP contribution in [0.1, 0.15) is 21.0 Å². The molecule has 1 N–H and O–H groups in total. The van der Waals surface area contributed by atoms with E-state index in [1.165, 1.54) is 18.4 Å². The topological polar surface area (TPSA) is 115 Å². The fourth-order valence-electron chi connectivity index (χ4n) is 1.26. The number of nitrogens with one attached hydrogen (secondary N) is 1. The molecule has 0 saturated heterocycles. The van der Waals surface area contributed by atoms with E-state index in [4.69, 9.17) is 4.42 Å². The molecule has 0 aromatic carbocycles. The van der Waals surface area contributed by atoms with E-state index in [0.717, 1.165) is 18.3 Å². The van der Waals surface area contributed by atoms with E-state index in [1.54, 1.807) is 0 Å². The van der Waals surface area contributed by atoms with Gasteiger partial charge in [-0.3, -0.25) is 25.0 Å². The Bertz CT molecular complexity index is 618. The molecule has 0 aliphatic carbocycles. The van der Waals surface area contributed by atoms with Gasteiger partial charge in [-0.2, -0.15) is 0 Å². The molecule has 96 valence electrons. The van der Waals surface area contributed by atoms with Crippen molar-refractivity contribution in [3.8, 4) is 0 Å². The molecule has 8 nitrogen and oxygen atoms in total. The normalized spacial score (nSPS) is 9.89. The maximum atomic E-state index is 11.6. The van der Waals surface area contributed by atoms with E-state index in [0.29, 0.717) is 0 Å². The van der Waals surface area contributed by atoms with Crippen LogP contribution in [0.25, 0.3) is 0 Å². The third-order valence-corrected chi connectivity index (χ3v) is 2.16. The van der Waals surface area contributed by atoms with E-state index >= 15 is 0 Å². The minimum atomic E-state index is -0.767. The highest BCUT2D eigenvalue weighted by molar-refractivity contribution is 6.08. The zero-order chi connectivity index (χ0) is 13.8. The molecule has 2 heterocycles. The minimum Gasteiger partial charge on any atom is -0.459 e. The van der Waals surface area contributed by atoms with E-state index in [1.807, 2.05) is 5.32 Å². The van der Waals surface area contributed by atoms with Gasteiger partial charge in [0, 0.05) is 6.07 Å². The average Bonchev–Trinajstić information content (AvgIpc) is 2.92. The fraction of sp³-hybridized carbons (Fsp3) is 0. The summed E-state index contributed by atoms with van der Waals surface area (Å²) < 4.78 is 4.81. The molecule has 0 aliphatic rings. The van der Waals surface area contributed by atoms with Crippen molar-refractivity contribution in [1.82, 2.24) is 10.3 Å². The summed E-state index contributed by atoms with van der Waals surface area (Å²) in [7, 11) is 0. The lowest BCUT2D eigenvalue weighted by Gasteiger charge is -2.00. The van der Waals surface area contributed by atoms with Crippen molar-refractivity contribution in [2.45, 2.75) is 0 Å². The average molecular weight is 261 g/mol. The Balaban J connectivity index is 2.08. The Labute approximate surface area is 106 Å². The number of carbonyl (C=O) groups is 2. The SMILES string of the molecule is O=C(NC(=O)c1ccco1)c1ccc([N+](=O)[O-])cn1. The summed E-state index contributed by atoms with van der Waals surface area (Å²) in [4.78, 5) is 36.5. The highest BCUT2D eigenvalue weighted by Crippen LogP contribution is 2.09. The van der Waals surface area contributed by atoms with Gasteiger partial charge in [0.1, 0.15) is 11.9 Å². The molecule has 8 heteroatoms. The molecule has 0 fully saturated rings. The molecule has 2 aromatic heterocycles. The van der Waals surface area contributed by atoms with Crippen molar-refractivity contribution >= 4 is 17.5 Å². The highest BCUT2D eigenvalue weighted by Gasteiger charge is 2.16. The lowest BCUT2D eigenvalue weighted by Crippen LogP contribution is -2.30. The zero-order valence-corrected chi connectivity index (χ0v) is 9.40. The van der Waals surface area contributed by atoms with Crippen LogP contribution in [0.4, 0.5) is 5.69 Å². The Morgan fingerprint density at radius 1 is 1.26 bits per heavy atom. The third kappa shape index (κ3) is 2.80. The van der Waals surface area contributed by atoms with Gasteiger partial charge in [0.2, 0.25) is 0 Å². The summed E-state index contributed by atoms with van der Waals surface area (Å²) in [5.74, 6) is -1.50. The van der Waals surface area contributed by atoms with Crippen LogP contribution in [0, 0.1) is 10.1 Å². The maximum Gasteiger partial charge on any atom is 0.293 e. The molecule has 0 atom stereocenters. The number of pyridine rings is 1. The fourth-order valence-corrected chi connectivity index (χ4v) is 1.26. The van der Waals surface area contributed by atoms with Crippen LogP contribution in [-0.2, 0) is 0 Å². The van der Waals surface area contributed by atoms with Gasteiger partial charge in [-0.05, 0) is 18.2 Å². The molecule has 2 amide bonds. The van der Waals surface area contributed by atoms with Crippen LogP contribution < -0.4 is 5.32 Å². The molecule has 19 heavy (non-hydrogen) atoms. The van der Waals surface area contributed by atoms with Crippen LogP contribution in [0.3, 0.4) is 0 Å². The van der Waals surface area contributed by atoms with Gasteiger partial charge in [0.05, 0.1) is 11.2 Å². The Morgan fingerprint density at radius 2 is 2.05 bits per heavy atom. The number of carbonyl (C=O) groups excluding carboxylic acids is 2. The number of rotatable bonds is 3. The van der Waals surface area contributed by atoms with Gasteiger partial charge in [-0.1, -0.05) is 0 Å². The van der Waals surface area contributed by atoms with E-state index in [9.17, 15) is 19.7 Å². The maximum absolute atomic E-state index is 11.6. The number of amides is 2. The Hall–Kier alpha value is -3.03. The Morgan fingerprint density at radius 3 is 2.58 bits per heavy atom. The van der Waals surface area contributed by atoms with Crippen LogP contribution in [0.5, 0.6) is 0 Å². The predicted octanol–water partition coefficient (Wildman–Crippen LogP) is 1.15. The Kier molecular flexibility index (Phi) is 3.33. The van der Waals surface area contributed by atoms with E-state index in [2.05, 4.69) is 4.98 Å². The van der Waals surface area contributed by atoms with Crippen molar-refractivity contribution in [2.75, 3.05) is 0 Å². The van der Waals surface area contributed by atoms with Crippen molar-refractivity contribution in [1.29, 1.82) is 0 Å². The van der Waals surface area contributed by atoms with Gasteiger partial charge >= 0.3 is 0 Å². The van der Waals surface area contributed by atoms with Gasteiger partial charge < -0.3 is 4.42 Å². The second-order valence-corrected chi connectivity index (χ2v) is 3.42. The predicted molar refractivity (Wildman–Crippen MR) is 61.4 cm³/mol. The summed E-state index contributed by atoms with van der Waals surface area (Å²) in [5, 5.41) is 12.5. The molecule has 2 rings (SSSR count). The van der Waals surface area contributed by atoms with Crippen LogP contribution in [0.2, 0.25) is 0 Å². The number of hydrogen-bond donors (Lipinski definition) is 1. The molecule has 0 aliphatic heterocycles. The lowest BCUT2D eigenvalue weighted by molar-refractivity contribution is -0.385. The van der Waals surface area contributed by atoms with Gasteiger partial charge in [0.15, 0.2) is 5.76 Å². The molecule has 2 aromatic rings. The molecule has 0 saturated carbocycles. The first-order valence-corrected chi connectivity index (χ1v) is 5.07. The standard InChI is InChI=1S/C11H7N3O5/c15-10(13-11(16)9-2-1-5-19-9)8-4-3-7(6-12-8)14(17)18/h1-6H,(H,13,15,16). The highest BCUT2D eigenvalue weighted by atomic mass is 16.6. The second kappa shape index (κ2) is 5.08. The summed E-state index contributed by atoms with van der Waals surface area (Å²) in [6, 6.07) is 5.18. The smallest absolute Gasteiger partial charge is 0.293 e. The lowest BCUT2D eigenvalue weighted by atomic mass is 10.3. The molecular weight excluding hydrogens is 254 g/mol. The first kappa shape index (κ1) is 12.4. The van der Waals surface area contributed by atoms with Crippen LogP contribution >= 0.6 is 0 Å². The van der Waals surface area contributed by atoms with Gasteiger partial charge in [-0.25, -0.2) is 4.98 Å². The molecular formula is C11H7N3O5. The molecule has 0 radical (unpaired) electrons. The van der Waals surface area contributed by atoms with Crippen molar-refractivity contribution in [2.24, 2.45) is 0 Å². The monoisotopic (exact) mass is 261 g/mol. The number of hydrogen-bond acceptors (Lipinski definition) is 6. The first-order chi connectivity index (χ1) is 9.08. The second-order valence-electron chi connectivity index (χ2n) is 3.42. The van der Waals surface area contributed by atoms with E-state index < -0.39 is 16.7 Å². The summed E-state index contributed by atoms with van der Waals surface area (Å²) in [5.41, 5.74) is -0.348. The molecule has 0 spiro atoms. The summed E-state index contributed by atoms with van der Waals surface area (Å²) in [6.45, 7) is 0. The first-order valence-electron chi connectivity index (χ1n) is 5.07. The quantitative estimate of drug-likeness (QED) is 0.503. The number of imide groups is 1. The molecule has 0 unspecified atom stereocenters. The van der Waals surface area contributed by atoms with E-state index in [-0.39, 0.29) is 17.1 Å². The number of nitrogens with zero attached hydrogens (tertiary/aromatic N) is 2. The van der Waals surface area contributed by atoms with Crippen molar-refractivity contribution < 1.29 is 18.9 Å². The summed E-state index contributed by atoms with van der Waals surface area (Å²) >= 11 is 0. The van der Waals surface area contributed by atoms with Crippen molar-refractivity contribution in [3.05, 3.63) is 58.3 Å². The van der Waals surface area contributed by atoms with Gasteiger partial charge in [-0.15, -0.1) is 0 Å². The number of aromatic nitrogens is 1. The largest absolute Gasteiger partial charge is 0.459 e. The van der Waals surface area contributed by atoms with Crippen molar-refractivity contribution in [3.63, 3.8) is 0 Å². The number of nitro groups is 1. The summed E-state index contributed by atoms with van der Waals surface area (Å²) in [6.07, 6.45) is 2.23. The minimum absolute atomic E-state index is 0.0183. The number of furan rings is 1. The zero-order valence-electron chi connectivity index (χ0n) is 9.40. The third-order valence-electron chi connectivity index (χ3n) is 2.16.